The molecule has 0 aliphatic heterocycles. The molecule has 1 N–H and O–H groups in total. The van der Waals surface area contributed by atoms with Crippen molar-refractivity contribution in [1.29, 1.82) is 0 Å². The number of benzene rings is 1. The monoisotopic (exact) mass is 309 g/mol. The highest BCUT2D eigenvalue weighted by atomic mass is 79.9. The highest BCUT2D eigenvalue weighted by Gasteiger charge is 2.08. The van der Waals surface area contributed by atoms with E-state index >= 15 is 0 Å². The number of hydrogen-bond acceptors (Lipinski definition) is 1. The second kappa shape index (κ2) is 8.49. The van der Waals surface area contributed by atoms with Gasteiger partial charge < -0.3 is 5.32 Å². The first kappa shape index (κ1) is 15.5. The third-order valence-corrected chi connectivity index (χ3v) is 3.53. The first-order valence-corrected chi connectivity index (χ1v) is 7.53. The molecule has 0 aliphatic carbocycles. The number of nitrogens with one attached hydrogen (secondary N) is 1. The van der Waals surface area contributed by atoms with Gasteiger partial charge in [0.1, 0.15) is 0 Å². The van der Waals surface area contributed by atoms with Crippen molar-refractivity contribution in [2.24, 2.45) is 0 Å². The largest absolute Gasteiger partial charge is 0.314 e. The molecule has 0 fully saturated rings. The van der Waals surface area contributed by atoms with Crippen LogP contribution in [0.3, 0.4) is 0 Å². The third kappa shape index (κ3) is 6.36. The minimum absolute atomic E-state index is 0.558. The van der Waals surface area contributed by atoms with Crippen LogP contribution in [0.2, 0.25) is 0 Å². The molecule has 2 heteroatoms. The summed E-state index contributed by atoms with van der Waals surface area (Å²) in [6, 6.07) is 9.19. The Morgan fingerprint density at radius 3 is 2.56 bits per heavy atom. The van der Waals surface area contributed by atoms with Gasteiger partial charge in [-0.15, -0.1) is 6.58 Å². The molecule has 1 aromatic rings. The van der Waals surface area contributed by atoms with Crippen LogP contribution in [0, 0.1) is 0 Å². The normalized spacial score (nSPS) is 12.4. The maximum Gasteiger partial charge on any atom is 0.0175 e. The Kier molecular flexibility index (Phi) is 7.29. The van der Waals surface area contributed by atoms with Crippen LogP contribution < -0.4 is 5.32 Å². The quantitative estimate of drug-likeness (QED) is 0.685. The van der Waals surface area contributed by atoms with Crippen molar-refractivity contribution < 1.29 is 0 Å². The first-order chi connectivity index (χ1) is 8.61. The maximum absolute atomic E-state index is 3.99. The van der Waals surface area contributed by atoms with Crippen LogP contribution in [0.5, 0.6) is 0 Å². The molecule has 0 aliphatic rings. The zero-order valence-corrected chi connectivity index (χ0v) is 13.1. The minimum Gasteiger partial charge on any atom is -0.314 e. The predicted octanol–water partition coefficient (Wildman–Crippen LogP) is 4.72. The van der Waals surface area contributed by atoms with Crippen LogP contribution in [-0.4, -0.2) is 12.6 Å². The second-order valence-corrected chi connectivity index (χ2v) is 5.89. The Morgan fingerprint density at radius 2 is 2.00 bits per heavy atom. The summed E-state index contributed by atoms with van der Waals surface area (Å²) in [6.07, 6.45) is 4.56. The molecule has 0 amide bonds. The topological polar surface area (TPSA) is 12.0 Å². The lowest BCUT2D eigenvalue weighted by Crippen LogP contribution is -2.31. The van der Waals surface area contributed by atoms with Crippen LogP contribution in [0.15, 0.2) is 40.9 Å². The number of halogens is 1. The smallest absolute Gasteiger partial charge is 0.0175 e. The Labute approximate surface area is 120 Å². The SMILES string of the molecule is C=C(C)CCC(Cc1ccc(Br)cc1)NCCC. The molecule has 0 heterocycles. The van der Waals surface area contributed by atoms with Crippen molar-refractivity contribution >= 4 is 15.9 Å². The fraction of sp³-hybridized carbons (Fsp3) is 0.500. The minimum atomic E-state index is 0.558. The Balaban J connectivity index is 2.53. The van der Waals surface area contributed by atoms with Crippen molar-refractivity contribution in [3.05, 3.63) is 46.5 Å². The van der Waals surface area contributed by atoms with Crippen molar-refractivity contribution in [3.63, 3.8) is 0 Å². The molecule has 0 spiro atoms. The third-order valence-electron chi connectivity index (χ3n) is 3.00. The maximum atomic E-state index is 3.99. The zero-order chi connectivity index (χ0) is 13.4. The Hall–Kier alpha value is -0.600. The van der Waals surface area contributed by atoms with E-state index in [1.165, 1.54) is 24.0 Å². The molecule has 18 heavy (non-hydrogen) atoms. The van der Waals surface area contributed by atoms with Crippen LogP contribution in [0.1, 0.15) is 38.7 Å². The van der Waals surface area contributed by atoms with E-state index in [-0.39, 0.29) is 0 Å². The van der Waals surface area contributed by atoms with E-state index in [1.807, 2.05) is 0 Å². The van der Waals surface area contributed by atoms with Gasteiger partial charge in [0.05, 0.1) is 0 Å². The summed E-state index contributed by atoms with van der Waals surface area (Å²) in [5, 5.41) is 3.64. The lowest BCUT2D eigenvalue weighted by atomic mass is 10.00. The van der Waals surface area contributed by atoms with E-state index < -0.39 is 0 Å². The molecule has 1 nitrogen and oxygen atoms in total. The van der Waals surface area contributed by atoms with Crippen LogP contribution in [-0.2, 0) is 6.42 Å². The van der Waals surface area contributed by atoms with Crippen molar-refractivity contribution in [1.82, 2.24) is 5.32 Å². The number of hydrogen-bond donors (Lipinski definition) is 1. The van der Waals surface area contributed by atoms with Crippen LogP contribution in [0.25, 0.3) is 0 Å². The van der Waals surface area contributed by atoms with Crippen molar-refractivity contribution in [2.75, 3.05) is 6.54 Å². The molecule has 1 rings (SSSR count). The number of allylic oxidation sites excluding steroid dienone is 1. The molecule has 0 radical (unpaired) electrons. The summed E-state index contributed by atoms with van der Waals surface area (Å²) in [4.78, 5) is 0. The van der Waals surface area contributed by atoms with Gasteiger partial charge in [-0.3, -0.25) is 0 Å². The van der Waals surface area contributed by atoms with Gasteiger partial charge in [0, 0.05) is 10.5 Å². The second-order valence-electron chi connectivity index (χ2n) is 4.98. The molecule has 0 bridgehead atoms. The van der Waals surface area contributed by atoms with Gasteiger partial charge in [-0.05, 0) is 56.8 Å². The Bertz CT molecular complexity index is 356. The standard InChI is InChI=1S/C16H24BrN/c1-4-11-18-16(10-5-13(2)3)12-14-6-8-15(17)9-7-14/h6-9,16,18H,2,4-5,10-12H2,1,3H3. The average molecular weight is 310 g/mol. The van der Waals surface area contributed by atoms with Gasteiger partial charge in [0.25, 0.3) is 0 Å². The van der Waals surface area contributed by atoms with Gasteiger partial charge in [0.15, 0.2) is 0 Å². The van der Waals surface area contributed by atoms with Gasteiger partial charge in [-0.1, -0.05) is 40.6 Å². The van der Waals surface area contributed by atoms with E-state index in [0.717, 1.165) is 23.9 Å². The highest BCUT2D eigenvalue weighted by Crippen LogP contribution is 2.14. The molecular weight excluding hydrogens is 286 g/mol. The van der Waals surface area contributed by atoms with Gasteiger partial charge in [0.2, 0.25) is 0 Å². The van der Waals surface area contributed by atoms with Crippen LogP contribution >= 0.6 is 15.9 Å². The molecule has 0 aromatic heterocycles. The fourth-order valence-electron chi connectivity index (χ4n) is 1.95. The predicted molar refractivity (Wildman–Crippen MR) is 84.0 cm³/mol. The summed E-state index contributed by atoms with van der Waals surface area (Å²) >= 11 is 3.48. The van der Waals surface area contributed by atoms with E-state index in [9.17, 15) is 0 Å². The average Bonchev–Trinajstić information content (AvgIpc) is 2.35. The summed E-state index contributed by atoms with van der Waals surface area (Å²) < 4.78 is 1.14. The fourth-order valence-corrected chi connectivity index (χ4v) is 2.21. The lowest BCUT2D eigenvalue weighted by Gasteiger charge is -2.18. The molecule has 100 valence electrons. The number of rotatable bonds is 8. The summed E-state index contributed by atoms with van der Waals surface area (Å²) in [6.45, 7) is 9.41. The van der Waals surface area contributed by atoms with Gasteiger partial charge in [-0.25, -0.2) is 0 Å². The molecule has 1 unspecified atom stereocenters. The summed E-state index contributed by atoms with van der Waals surface area (Å²) in [5.41, 5.74) is 2.67. The summed E-state index contributed by atoms with van der Waals surface area (Å²) in [5.74, 6) is 0. The molecular formula is C16H24BrN. The van der Waals surface area contributed by atoms with Crippen LogP contribution in [0.4, 0.5) is 0 Å². The van der Waals surface area contributed by atoms with E-state index in [1.54, 1.807) is 0 Å². The van der Waals surface area contributed by atoms with Crippen molar-refractivity contribution in [2.45, 2.75) is 45.6 Å². The summed E-state index contributed by atoms with van der Waals surface area (Å²) in [7, 11) is 0. The molecule has 0 saturated carbocycles. The lowest BCUT2D eigenvalue weighted by molar-refractivity contribution is 0.477. The first-order valence-electron chi connectivity index (χ1n) is 6.74. The highest BCUT2D eigenvalue weighted by molar-refractivity contribution is 9.10. The van der Waals surface area contributed by atoms with Gasteiger partial charge in [-0.2, -0.15) is 0 Å². The molecule has 1 atom stereocenters. The van der Waals surface area contributed by atoms with Gasteiger partial charge >= 0.3 is 0 Å². The molecule has 1 aromatic carbocycles. The van der Waals surface area contributed by atoms with E-state index in [4.69, 9.17) is 0 Å². The van der Waals surface area contributed by atoms with E-state index in [0.29, 0.717) is 6.04 Å². The zero-order valence-electron chi connectivity index (χ0n) is 11.5. The Morgan fingerprint density at radius 1 is 1.33 bits per heavy atom. The molecule has 0 saturated heterocycles. The van der Waals surface area contributed by atoms with E-state index in [2.05, 4.69) is 65.9 Å². The van der Waals surface area contributed by atoms with Crippen molar-refractivity contribution in [3.8, 4) is 0 Å².